The van der Waals surface area contributed by atoms with Crippen molar-refractivity contribution in [2.45, 2.75) is 6.61 Å². The minimum absolute atomic E-state index is 0.0957. The monoisotopic (exact) mass is 491 g/mol. The van der Waals surface area contributed by atoms with Crippen LogP contribution in [-0.2, 0) is 11.4 Å². The summed E-state index contributed by atoms with van der Waals surface area (Å²) in [6.45, 7) is 0.455. The van der Waals surface area contributed by atoms with Crippen LogP contribution in [0.25, 0.3) is 6.08 Å². The number of benzene rings is 3. The van der Waals surface area contributed by atoms with Crippen molar-refractivity contribution < 1.29 is 19.6 Å². The molecule has 1 fully saturated rings. The van der Waals surface area contributed by atoms with Crippen molar-refractivity contribution in [1.29, 1.82) is 0 Å². The molecule has 0 saturated carbocycles. The summed E-state index contributed by atoms with van der Waals surface area (Å²) in [7, 11) is 0. The third kappa shape index (κ3) is 5.48. The summed E-state index contributed by atoms with van der Waals surface area (Å²) in [4.78, 5) is 23.5. The number of ether oxygens (including phenoxy) is 1. The SMILES string of the molecule is O=C1C(=Cc2ccc(OCc3ccccc3)cc2)SC(=S)N1/N=C/c1cc([N+](=O)[O-])ccc1O. The Bertz CT molecular complexity index is 1310. The molecule has 1 heterocycles. The zero-order valence-electron chi connectivity index (χ0n) is 17.5. The van der Waals surface area contributed by atoms with Crippen LogP contribution in [0.4, 0.5) is 5.69 Å². The predicted molar refractivity (Wildman–Crippen MR) is 135 cm³/mol. The van der Waals surface area contributed by atoms with Crippen LogP contribution >= 0.6 is 24.0 Å². The van der Waals surface area contributed by atoms with E-state index in [0.29, 0.717) is 17.3 Å². The number of nitro groups is 1. The number of phenolic OH excluding ortho intramolecular Hbond substituents is 1. The van der Waals surface area contributed by atoms with E-state index in [1.165, 1.54) is 12.1 Å². The van der Waals surface area contributed by atoms with Gasteiger partial charge in [0.05, 0.1) is 16.0 Å². The third-order valence-electron chi connectivity index (χ3n) is 4.73. The van der Waals surface area contributed by atoms with Gasteiger partial charge in [0.25, 0.3) is 11.6 Å². The number of phenols is 1. The molecule has 0 atom stereocenters. The summed E-state index contributed by atoms with van der Waals surface area (Å²) >= 11 is 6.34. The molecule has 0 spiro atoms. The van der Waals surface area contributed by atoms with Gasteiger partial charge in [0, 0.05) is 17.7 Å². The number of thiocarbonyl (C=S) groups is 1. The van der Waals surface area contributed by atoms with Gasteiger partial charge in [-0.25, -0.2) is 0 Å². The maximum atomic E-state index is 12.8. The minimum Gasteiger partial charge on any atom is -0.507 e. The van der Waals surface area contributed by atoms with Crippen molar-refractivity contribution in [2.75, 3.05) is 0 Å². The molecular formula is C24H17N3O5S2. The van der Waals surface area contributed by atoms with Crippen molar-refractivity contribution in [2.24, 2.45) is 5.10 Å². The normalized spacial score (nSPS) is 14.8. The lowest BCUT2D eigenvalue weighted by Crippen LogP contribution is -2.22. The summed E-state index contributed by atoms with van der Waals surface area (Å²) in [5.41, 5.74) is 1.74. The predicted octanol–water partition coefficient (Wildman–Crippen LogP) is 5.11. The molecule has 1 N–H and O–H groups in total. The van der Waals surface area contributed by atoms with E-state index < -0.39 is 10.8 Å². The second kappa shape index (κ2) is 10.3. The second-order valence-corrected chi connectivity index (χ2v) is 8.76. The minimum atomic E-state index is -0.586. The van der Waals surface area contributed by atoms with Gasteiger partial charge in [0.1, 0.15) is 18.1 Å². The van der Waals surface area contributed by atoms with Crippen LogP contribution < -0.4 is 4.74 Å². The molecule has 10 heteroatoms. The highest BCUT2D eigenvalue weighted by Crippen LogP contribution is 2.33. The molecule has 1 aliphatic heterocycles. The van der Waals surface area contributed by atoms with Gasteiger partial charge in [-0.05, 0) is 47.6 Å². The molecule has 1 aliphatic rings. The molecule has 1 saturated heterocycles. The molecule has 8 nitrogen and oxygen atoms in total. The molecule has 1 amide bonds. The maximum Gasteiger partial charge on any atom is 0.286 e. The second-order valence-electron chi connectivity index (χ2n) is 7.08. The van der Waals surface area contributed by atoms with Crippen LogP contribution in [0, 0.1) is 10.1 Å². The Kier molecular flexibility index (Phi) is 7.00. The molecule has 3 aromatic rings. The molecule has 3 aromatic carbocycles. The van der Waals surface area contributed by atoms with E-state index in [9.17, 15) is 20.0 Å². The van der Waals surface area contributed by atoms with Crippen molar-refractivity contribution in [3.63, 3.8) is 0 Å². The number of amides is 1. The Morgan fingerprint density at radius 2 is 1.85 bits per heavy atom. The van der Waals surface area contributed by atoms with Crippen molar-refractivity contribution in [3.05, 3.63) is 105 Å². The number of nitrogens with zero attached hydrogens (tertiary/aromatic N) is 3. The third-order valence-corrected chi connectivity index (χ3v) is 6.02. The molecule has 170 valence electrons. The number of hydrazone groups is 1. The van der Waals surface area contributed by atoms with Gasteiger partial charge in [0.15, 0.2) is 4.32 Å². The number of non-ortho nitro benzene ring substituents is 1. The van der Waals surface area contributed by atoms with E-state index in [0.717, 1.165) is 40.2 Å². The van der Waals surface area contributed by atoms with Crippen molar-refractivity contribution in [1.82, 2.24) is 5.01 Å². The first-order chi connectivity index (χ1) is 16.4. The Balaban J connectivity index is 1.44. The van der Waals surface area contributed by atoms with E-state index in [-0.39, 0.29) is 21.3 Å². The molecule has 34 heavy (non-hydrogen) atoms. The number of hydrogen-bond donors (Lipinski definition) is 1. The lowest BCUT2D eigenvalue weighted by atomic mass is 10.2. The summed E-state index contributed by atoms with van der Waals surface area (Å²) in [6.07, 6.45) is 2.86. The van der Waals surface area contributed by atoms with E-state index in [1.54, 1.807) is 6.08 Å². The number of aromatic hydroxyl groups is 1. The van der Waals surface area contributed by atoms with Crippen LogP contribution in [0.2, 0.25) is 0 Å². The highest BCUT2D eigenvalue weighted by molar-refractivity contribution is 8.26. The van der Waals surface area contributed by atoms with E-state index in [1.807, 2.05) is 54.6 Å². The Labute approximate surface area is 204 Å². The van der Waals surface area contributed by atoms with Gasteiger partial charge < -0.3 is 9.84 Å². The molecular weight excluding hydrogens is 474 g/mol. The first-order valence-corrected chi connectivity index (χ1v) is 11.2. The summed E-state index contributed by atoms with van der Waals surface area (Å²) < 4.78 is 5.98. The number of rotatable bonds is 7. The van der Waals surface area contributed by atoms with Crippen molar-refractivity contribution >= 4 is 52.2 Å². The topological polar surface area (TPSA) is 105 Å². The van der Waals surface area contributed by atoms with Crippen LogP contribution in [0.3, 0.4) is 0 Å². The summed E-state index contributed by atoms with van der Waals surface area (Å²) in [5, 5.41) is 25.9. The van der Waals surface area contributed by atoms with E-state index >= 15 is 0 Å². The van der Waals surface area contributed by atoms with Gasteiger partial charge in [0.2, 0.25) is 0 Å². The zero-order chi connectivity index (χ0) is 24.1. The molecule has 0 bridgehead atoms. The first-order valence-electron chi connectivity index (χ1n) is 9.97. The Morgan fingerprint density at radius 1 is 1.12 bits per heavy atom. The Morgan fingerprint density at radius 3 is 2.56 bits per heavy atom. The van der Waals surface area contributed by atoms with Gasteiger partial charge in [-0.1, -0.05) is 54.2 Å². The number of carbonyl (C=O) groups is 1. The number of thioether (sulfide) groups is 1. The van der Waals surface area contributed by atoms with E-state index in [4.69, 9.17) is 17.0 Å². The highest BCUT2D eigenvalue weighted by atomic mass is 32.2. The van der Waals surface area contributed by atoms with Crippen LogP contribution in [0.15, 0.2) is 82.8 Å². The Hall–Kier alpha value is -4.02. The summed E-state index contributed by atoms with van der Waals surface area (Å²) in [5.74, 6) is 0.0698. The first kappa shape index (κ1) is 23.1. The standard InChI is InChI=1S/C24H17N3O5S2/c28-21-11-8-19(27(30)31)13-18(21)14-25-26-23(29)22(34-24(26)33)12-16-6-9-20(10-7-16)32-15-17-4-2-1-3-5-17/h1-14,28H,15H2/b22-12?,25-14+. The molecule has 0 aliphatic carbocycles. The smallest absolute Gasteiger partial charge is 0.286 e. The molecule has 0 radical (unpaired) electrons. The van der Waals surface area contributed by atoms with Gasteiger partial charge in [-0.2, -0.15) is 10.1 Å². The molecule has 0 unspecified atom stereocenters. The largest absolute Gasteiger partial charge is 0.507 e. The van der Waals surface area contributed by atoms with Crippen LogP contribution in [-0.4, -0.2) is 31.5 Å². The van der Waals surface area contributed by atoms with Crippen LogP contribution in [0.5, 0.6) is 11.5 Å². The number of carbonyl (C=O) groups excluding carboxylic acids is 1. The van der Waals surface area contributed by atoms with Crippen molar-refractivity contribution in [3.8, 4) is 11.5 Å². The van der Waals surface area contributed by atoms with E-state index in [2.05, 4.69) is 5.10 Å². The molecule has 0 aromatic heterocycles. The fraction of sp³-hybridized carbons (Fsp3) is 0.0417. The quantitative estimate of drug-likeness (QED) is 0.161. The number of hydrogen-bond acceptors (Lipinski definition) is 8. The fourth-order valence-electron chi connectivity index (χ4n) is 2.99. The lowest BCUT2D eigenvalue weighted by molar-refractivity contribution is -0.384. The number of nitro benzene ring substituents is 1. The maximum absolute atomic E-state index is 12.8. The van der Waals surface area contributed by atoms with Gasteiger partial charge >= 0.3 is 0 Å². The highest BCUT2D eigenvalue weighted by Gasteiger charge is 2.32. The molecule has 4 rings (SSSR count). The lowest BCUT2D eigenvalue weighted by Gasteiger charge is -2.07. The van der Waals surface area contributed by atoms with Gasteiger partial charge in [-0.15, -0.1) is 0 Å². The zero-order valence-corrected chi connectivity index (χ0v) is 19.2. The summed E-state index contributed by atoms with van der Waals surface area (Å²) in [6, 6.07) is 20.6. The average molecular weight is 492 g/mol. The van der Waals surface area contributed by atoms with Crippen LogP contribution in [0.1, 0.15) is 16.7 Å². The van der Waals surface area contributed by atoms with Gasteiger partial charge in [-0.3, -0.25) is 14.9 Å². The average Bonchev–Trinajstić information content (AvgIpc) is 3.10. The fourth-order valence-corrected chi connectivity index (χ4v) is 4.16.